The molecule has 2 aromatic rings. The average Bonchev–Trinajstić information content (AvgIpc) is 2.84. The summed E-state index contributed by atoms with van der Waals surface area (Å²) < 4.78 is 54.7. The van der Waals surface area contributed by atoms with Crippen LogP contribution in [-0.2, 0) is 11.0 Å². The third kappa shape index (κ3) is 3.74. The summed E-state index contributed by atoms with van der Waals surface area (Å²) in [6.45, 7) is 6.75. The molecular weight excluding hydrogens is 432 g/mol. The number of hydrogen-bond donors (Lipinski definition) is 0. The highest BCUT2D eigenvalue weighted by atomic mass is 32.1. The zero-order valence-corrected chi connectivity index (χ0v) is 17.9. The lowest BCUT2D eigenvalue weighted by atomic mass is 10.00. The Labute approximate surface area is 181 Å². The molecule has 3 rings (SSSR count). The molecule has 31 heavy (non-hydrogen) atoms. The number of halogens is 4. The molecule has 0 saturated carbocycles. The summed E-state index contributed by atoms with van der Waals surface area (Å²) in [6.07, 6.45) is -3.86. The van der Waals surface area contributed by atoms with Crippen LogP contribution in [0.3, 0.4) is 0 Å². The Hall–Kier alpha value is -3.06. The van der Waals surface area contributed by atoms with Crippen molar-refractivity contribution in [1.29, 1.82) is 5.26 Å². The smallest absolute Gasteiger partial charge is 0.303 e. The van der Waals surface area contributed by atoms with Crippen molar-refractivity contribution in [3.63, 3.8) is 0 Å². The highest BCUT2D eigenvalue weighted by Crippen LogP contribution is 2.39. The third-order valence-electron chi connectivity index (χ3n) is 5.08. The summed E-state index contributed by atoms with van der Waals surface area (Å²) >= 11 is 5.41. The SMILES string of the molecule is CC(C)c1ccc(N2C(=S)N(c3cnc(C#N)c(C(F)(F)F)c3)C(=O)C2(C)C)cc1F. The van der Waals surface area contributed by atoms with E-state index < -0.39 is 34.7 Å². The highest BCUT2D eigenvalue weighted by molar-refractivity contribution is 7.81. The molecular formula is C21H18F4N4OS. The van der Waals surface area contributed by atoms with Gasteiger partial charge in [0.15, 0.2) is 10.8 Å². The van der Waals surface area contributed by atoms with Gasteiger partial charge in [-0.1, -0.05) is 19.9 Å². The van der Waals surface area contributed by atoms with E-state index in [-0.39, 0.29) is 16.7 Å². The number of rotatable bonds is 3. The molecule has 1 aromatic heterocycles. The lowest BCUT2D eigenvalue weighted by Crippen LogP contribution is -2.44. The molecule has 0 radical (unpaired) electrons. The van der Waals surface area contributed by atoms with Crippen LogP contribution in [0.1, 0.15) is 50.4 Å². The van der Waals surface area contributed by atoms with E-state index in [2.05, 4.69) is 4.98 Å². The highest BCUT2D eigenvalue weighted by Gasteiger charge is 2.51. The second kappa shape index (κ2) is 7.57. The van der Waals surface area contributed by atoms with Gasteiger partial charge in [0.05, 0.1) is 17.4 Å². The lowest BCUT2D eigenvalue weighted by Gasteiger charge is -2.29. The molecule has 0 aliphatic carbocycles. The Morgan fingerprint density at radius 2 is 1.84 bits per heavy atom. The van der Waals surface area contributed by atoms with Crippen LogP contribution in [0.15, 0.2) is 30.5 Å². The van der Waals surface area contributed by atoms with Crippen molar-refractivity contribution in [2.24, 2.45) is 0 Å². The quantitative estimate of drug-likeness (QED) is 0.478. The topological polar surface area (TPSA) is 60.2 Å². The zero-order chi connectivity index (χ0) is 23.3. The third-order valence-corrected chi connectivity index (χ3v) is 5.44. The summed E-state index contributed by atoms with van der Waals surface area (Å²) in [5.74, 6) is -1.14. The molecule has 1 aromatic carbocycles. The Morgan fingerprint density at radius 3 is 2.35 bits per heavy atom. The van der Waals surface area contributed by atoms with Crippen molar-refractivity contribution in [2.45, 2.75) is 45.3 Å². The first-order valence-corrected chi connectivity index (χ1v) is 9.67. The van der Waals surface area contributed by atoms with Gasteiger partial charge in [-0.2, -0.15) is 18.4 Å². The van der Waals surface area contributed by atoms with Crippen LogP contribution in [0.25, 0.3) is 0 Å². The molecule has 10 heteroatoms. The van der Waals surface area contributed by atoms with Gasteiger partial charge in [0, 0.05) is 5.69 Å². The number of anilines is 2. The van der Waals surface area contributed by atoms with Crippen LogP contribution in [-0.4, -0.2) is 21.5 Å². The van der Waals surface area contributed by atoms with Crippen LogP contribution in [0.2, 0.25) is 0 Å². The largest absolute Gasteiger partial charge is 0.419 e. The van der Waals surface area contributed by atoms with Gasteiger partial charge in [-0.3, -0.25) is 9.69 Å². The molecule has 1 amide bonds. The minimum atomic E-state index is -4.84. The molecule has 1 fully saturated rings. The molecule has 0 N–H and O–H groups in total. The van der Waals surface area contributed by atoms with E-state index in [0.717, 1.165) is 11.1 Å². The molecule has 0 unspecified atom stereocenters. The van der Waals surface area contributed by atoms with E-state index in [1.54, 1.807) is 12.1 Å². The Kier molecular flexibility index (Phi) is 5.52. The maximum Gasteiger partial charge on any atom is 0.419 e. The summed E-state index contributed by atoms with van der Waals surface area (Å²) in [5.41, 5.74) is -2.82. The number of nitrogens with zero attached hydrogens (tertiary/aromatic N) is 4. The minimum absolute atomic E-state index is 0.0590. The van der Waals surface area contributed by atoms with Gasteiger partial charge in [-0.05, 0) is 55.7 Å². The van der Waals surface area contributed by atoms with E-state index in [0.29, 0.717) is 17.3 Å². The predicted molar refractivity (Wildman–Crippen MR) is 111 cm³/mol. The van der Waals surface area contributed by atoms with Crippen molar-refractivity contribution in [2.75, 3.05) is 9.80 Å². The number of aromatic nitrogens is 1. The number of carbonyl (C=O) groups is 1. The number of alkyl halides is 3. The molecule has 5 nitrogen and oxygen atoms in total. The molecule has 2 heterocycles. The van der Waals surface area contributed by atoms with E-state index in [4.69, 9.17) is 17.5 Å². The lowest BCUT2D eigenvalue weighted by molar-refractivity contribution is -0.138. The first-order chi connectivity index (χ1) is 14.3. The summed E-state index contributed by atoms with van der Waals surface area (Å²) in [4.78, 5) is 19.0. The van der Waals surface area contributed by atoms with E-state index >= 15 is 0 Å². The van der Waals surface area contributed by atoms with Crippen LogP contribution < -0.4 is 9.80 Å². The van der Waals surface area contributed by atoms with E-state index in [1.165, 1.54) is 30.9 Å². The van der Waals surface area contributed by atoms with Gasteiger partial charge in [0.2, 0.25) is 0 Å². The van der Waals surface area contributed by atoms with Crippen LogP contribution in [0, 0.1) is 17.1 Å². The number of benzene rings is 1. The van der Waals surface area contributed by atoms with Crippen molar-refractivity contribution >= 4 is 34.6 Å². The number of thiocarbonyl (C=S) groups is 1. The normalized spacial score (nSPS) is 16.3. The van der Waals surface area contributed by atoms with Gasteiger partial charge in [0.25, 0.3) is 5.91 Å². The maximum atomic E-state index is 14.6. The van der Waals surface area contributed by atoms with Gasteiger partial charge >= 0.3 is 6.18 Å². The van der Waals surface area contributed by atoms with Crippen molar-refractivity contribution in [3.05, 3.63) is 53.1 Å². The Bertz CT molecular complexity index is 1120. The van der Waals surface area contributed by atoms with Gasteiger partial charge < -0.3 is 4.90 Å². The standard InChI is InChI=1S/C21H18F4N4OS/c1-11(2)14-6-5-12(8-16(14)22)29-19(31)28(18(30)20(29,3)4)13-7-15(21(23,24)25)17(9-26)27-10-13/h5-8,10-11H,1-4H3. The van der Waals surface area contributed by atoms with Crippen molar-refractivity contribution in [1.82, 2.24) is 4.98 Å². The van der Waals surface area contributed by atoms with Crippen molar-refractivity contribution in [3.8, 4) is 6.07 Å². The average molecular weight is 450 g/mol. The fourth-order valence-electron chi connectivity index (χ4n) is 3.46. The fraction of sp³-hybridized carbons (Fsp3) is 0.333. The molecule has 0 atom stereocenters. The zero-order valence-electron chi connectivity index (χ0n) is 17.1. The number of amides is 1. The fourth-order valence-corrected chi connectivity index (χ4v) is 3.98. The Morgan fingerprint density at radius 1 is 1.19 bits per heavy atom. The van der Waals surface area contributed by atoms with Gasteiger partial charge in [0.1, 0.15) is 17.4 Å². The van der Waals surface area contributed by atoms with E-state index in [9.17, 15) is 22.4 Å². The monoisotopic (exact) mass is 450 g/mol. The van der Waals surface area contributed by atoms with E-state index in [1.807, 2.05) is 13.8 Å². The van der Waals surface area contributed by atoms with Gasteiger partial charge in [-0.25, -0.2) is 9.37 Å². The molecule has 1 saturated heterocycles. The van der Waals surface area contributed by atoms with Crippen LogP contribution in [0.4, 0.5) is 28.9 Å². The first kappa shape index (κ1) is 22.6. The second-order valence-electron chi connectivity index (χ2n) is 7.88. The molecule has 162 valence electrons. The van der Waals surface area contributed by atoms with Crippen molar-refractivity contribution < 1.29 is 22.4 Å². The number of nitriles is 1. The van der Waals surface area contributed by atoms with Crippen LogP contribution >= 0.6 is 12.2 Å². The minimum Gasteiger partial charge on any atom is -0.303 e. The number of hydrogen-bond acceptors (Lipinski definition) is 4. The van der Waals surface area contributed by atoms with Gasteiger partial charge in [-0.15, -0.1) is 0 Å². The number of carbonyl (C=O) groups excluding carboxylic acids is 1. The summed E-state index contributed by atoms with van der Waals surface area (Å²) in [6, 6.07) is 6.51. The molecule has 0 spiro atoms. The molecule has 0 bridgehead atoms. The molecule has 1 aliphatic rings. The second-order valence-corrected chi connectivity index (χ2v) is 8.24. The summed E-state index contributed by atoms with van der Waals surface area (Å²) in [5, 5.41) is 8.82. The first-order valence-electron chi connectivity index (χ1n) is 9.26. The maximum absolute atomic E-state index is 14.6. The Balaban J connectivity index is 2.11. The van der Waals surface area contributed by atoms with Crippen LogP contribution in [0.5, 0.6) is 0 Å². The summed E-state index contributed by atoms with van der Waals surface area (Å²) in [7, 11) is 0. The number of pyridine rings is 1. The predicted octanol–water partition coefficient (Wildman–Crippen LogP) is 5.15. The molecule has 1 aliphatic heterocycles.